The molecule has 17 heteroatoms. The molecule has 0 aliphatic heterocycles. The summed E-state index contributed by atoms with van der Waals surface area (Å²) >= 11 is 0. The summed E-state index contributed by atoms with van der Waals surface area (Å²) in [7, 11) is 3.35. The Hall–Kier alpha value is -14.7. The van der Waals surface area contributed by atoms with Crippen molar-refractivity contribution in [3.63, 3.8) is 0 Å². The monoisotopic (exact) mass is 1570 g/mol. The summed E-state index contributed by atoms with van der Waals surface area (Å²) in [5.41, 5.74) is 20.1. The molecule has 14 aromatic carbocycles. The highest BCUT2D eigenvalue weighted by Crippen LogP contribution is 2.43. The molecule has 0 amide bonds. The third-order valence-electron chi connectivity index (χ3n) is 19.6. The lowest BCUT2D eigenvalue weighted by molar-refractivity contribution is -0.142. The number of hydrogen-bond donors (Lipinski definition) is 0. The largest absolute Gasteiger partial charge is 0.519 e. The molecular weight excluding hydrogens is 1480 g/mol. The molecule has 0 aliphatic carbocycles. The number of aryl methyl sites for hydroxylation is 2. The Morgan fingerprint density at radius 2 is 0.551 bits per heavy atom. The predicted octanol–water partition coefficient (Wildman–Crippen LogP) is 25.1. The fourth-order valence-electron chi connectivity index (χ4n) is 13.5. The van der Waals surface area contributed by atoms with Crippen LogP contribution in [0.25, 0.3) is 22.3 Å². The van der Waals surface area contributed by atoms with Crippen molar-refractivity contribution >= 4 is 92.5 Å². The second kappa shape index (κ2) is 38.9. The van der Waals surface area contributed by atoms with Gasteiger partial charge < -0.3 is 62.2 Å². The SMILES string of the molecule is COc1ccc(N(c2ccc(C)cc2)c2ccc(-c3ccc(N(c4ccc(C)cc4)c4ccc(OC(=O)Oc5ccc(C(C)(C)c6ccc(OC(C)=O)cc6)cc5)cc4)cc3)cc2)cc1.COc1cccc(N(c2ccccc2)c2ccc(-c3ccc(N(c4ccccc4)c4cccc(OC(=O)OCCOCCOC(C)=O)c4)cc3)cc2)c1. The Balaban J connectivity index is 0.000000209. The Morgan fingerprint density at radius 3 is 0.915 bits per heavy atom. The van der Waals surface area contributed by atoms with Crippen LogP contribution in [0.1, 0.15) is 49.9 Å². The van der Waals surface area contributed by atoms with E-state index >= 15 is 0 Å². The first-order valence-electron chi connectivity index (χ1n) is 38.6. The van der Waals surface area contributed by atoms with Crippen LogP contribution in [-0.4, -0.2) is 64.9 Å². The maximum absolute atomic E-state index is 13.0. The average molecular weight is 1570 g/mol. The summed E-state index contributed by atoms with van der Waals surface area (Å²) in [5.74, 6) is 2.40. The topological polar surface area (TPSA) is 164 Å². The van der Waals surface area contributed by atoms with E-state index in [1.54, 1.807) is 62.8 Å². The summed E-state index contributed by atoms with van der Waals surface area (Å²) in [6.07, 6.45) is -1.68. The van der Waals surface area contributed by atoms with Gasteiger partial charge in [0.2, 0.25) is 0 Å². The molecule has 17 nitrogen and oxygen atoms in total. The molecule has 14 rings (SSSR count). The lowest BCUT2D eigenvalue weighted by Crippen LogP contribution is -2.19. The summed E-state index contributed by atoms with van der Waals surface area (Å²) in [4.78, 5) is 56.2. The number of ether oxygens (including phenoxy) is 9. The van der Waals surface area contributed by atoms with Crippen molar-refractivity contribution in [1.82, 2.24) is 0 Å². The van der Waals surface area contributed by atoms with Crippen LogP contribution in [0.15, 0.2) is 352 Å². The zero-order chi connectivity index (χ0) is 82.3. The predicted molar refractivity (Wildman–Crippen MR) is 467 cm³/mol. The van der Waals surface area contributed by atoms with E-state index in [0.717, 1.165) is 119 Å². The van der Waals surface area contributed by atoms with Crippen molar-refractivity contribution in [2.45, 2.75) is 47.0 Å². The molecule has 118 heavy (non-hydrogen) atoms. The summed E-state index contributed by atoms with van der Waals surface area (Å²) in [5, 5.41) is 0. The number of para-hydroxylation sites is 2. The summed E-state index contributed by atoms with van der Waals surface area (Å²) in [6.45, 7) is 11.6. The van der Waals surface area contributed by atoms with Crippen LogP contribution >= 0.6 is 0 Å². The standard InChI is InChI=1S/C57H50N2O6.C44H40N2O7/c1-39-7-19-46(20-8-39)58(50-27-35-52(62-6)36-28-50)48-23-11-42(12-24-48)43-13-25-49(26-14-43)59(47-21-9-40(2)10-22-47)51-29-37-55(38-30-51)65-56(61)64-54-33-17-45(18-34-54)57(4,5)44-15-31-53(32-16-44)63-41(3)60;1-33(47)51-29-27-50-28-30-52-44(48)53-43-18-10-16-41(32-43)46(37-13-7-4-8-14-37)39-25-21-35(22-26-39)34-19-23-38(24-20-34)45(36-11-5-3-6-12-36)40-15-9-17-42(31-40)49-2/h7-38H,1-6H3;3-26,31-32H,27-30H2,1-2H3. The van der Waals surface area contributed by atoms with E-state index in [9.17, 15) is 19.2 Å². The van der Waals surface area contributed by atoms with Gasteiger partial charge in [-0.25, -0.2) is 9.59 Å². The third-order valence-corrected chi connectivity index (χ3v) is 19.6. The highest BCUT2D eigenvalue weighted by Gasteiger charge is 2.25. The minimum Gasteiger partial charge on any atom is -0.497 e. The van der Waals surface area contributed by atoms with Crippen LogP contribution in [0.3, 0.4) is 0 Å². The van der Waals surface area contributed by atoms with E-state index in [1.807, 2.05) is 127 Å². The van der Waals surface area contributed by atoms with Gasteiger partial charge in [0, 0.05) is 99.6 Å². The van der Waals surface area contributed by atoms with E-state index in [-0.39, 0.29) is 43.8 Å². The van der Waals surface area contributed by atoms with Gasteiger partial charge in [-0.1, -0.05) is 171 Å². The van der Waals surface area contributed by atoms with Crippen LogP contribution in [0.2, 0.25) is 0 Å². The quantitative estimate of drug-likeness (QED) is 0.0197. The Kier molecular flexibility index (Phi) is 26.8. The zero-order valence-corrected chi connectivity index (χ0v) is 66.9. The van der Waals surface area contributed by atoms with E-state index < -0.39 is 12.3 Å². The van der Waals surface area contributed by atoms with Crippen LogP contribution in [-0.2, 0) is 29.2 Å². The normalized spacial score (nSPS) is 10.8. The summed E-state index contributed by atoms with van der Waals surface area (Å²) < 4.78 is 48.1. The smallest absolute Gasteiger partial charge is 0.497 e. The highest BCUT2D eigenvalue weighted by atomic mass is 16.7. The molecule has 14 aromatic rings. The van der Waals surface area contributed by atoms with Crippen molar-refractivity contribution in [2.24, 2.45) is 0 Å². The van der Waals surface area contributed by atoms with E-state index in [2.05, 4.69) is 223 Å². The van der Waals surface area contributed by atoms with Gasteiger partial charge in [0.05, 0.1) is 27.4 Å². The van der Waals surface area contributed by atoms with Crippen molar-refractivity contribution in [1.29, 1.82) is 0 Å². The van der Waals surface area contributed by atoms with Gasteiger partial charge in [-0.05, 0) is 241 Å². The Labute approximate surface area is 688 Å². The molecule has 0 aliphatic rings. The van der Waals surface area contributed by atoms with Crippen molar-refractivity contribution < 1.29 is 61.8 Å². The van der Waals surface area contributed by atoms with Crippen LogP contribution in [0, 0.1) is 13.8 Å². The highest BCUT2D eigenvalue weighted by molar-refractivity contribution is 5.85. The second-order valence-electron chi connectivity index (χ2n) is 28.1. The van der Waals surface area contributed by atoms with E-state index in [4.69, 9.17) is 42.6 Å². The second-order valence-corrected chi connectivity index (χ2v) is 28.1. The number of rotatable bonds is 28. The van der Waals surface area contributed by atoms with E-state index in [0.29, 0.717) is 23.0 Å². The number of esters is 2. The lowest BCUT2D eigenvalue weighted by atomic mass is 9.78. The molecule has 592 valence electrons. The number of carbonyl (C=O) groups is 4. The number of nitrogens with zero attached hydrogens (tertiary/aromatic N) is 4. The van der Waals surface area contributed by atoms with Crippen LogP contribution in [0.5, 0.6) is 34.5 Å². The van der Waals surface area contributed by atoms with Crippen LogP contribution < -0.4 is 48.0 Å². The maximum atomic E-state index is 13.0. The third kappa shape index (κ3) is 21.2. The molecular formula is C101H90N4O13. The Bertz CT molecular complexity index is 5630. The lowest BCUT2D eigenvalue weighted by Gasteiger charge is -2.26. The number of methoxy groups -OCH3 is 2. The minimum absolute atomic E-state index is 0.00263. The van der Waals surface area contributed by atoms with Gasteiger partial charge in [-0.15, -0.1) is 0 Å². The zero-order valence-electron chi connectivity index (χ0n) is 66.9. The molecule has 0 heterocycles. The van der Waals surface area contributed by atoms with Crippen molar-refractivity contribution in [3.05, 3.63) is 374 Å². The number of carbonyl (C=O) groups excluding carboxylic acids is 4. The van der Waals surface area contributed by atoms with Gasteiger partial charge in [0.15, 0.2) is 0 Å². The fraction of sp³-hybridized carbons (Fsp3) is 0.129. The number of hydrogen-bond acceptors (Lipinski definition) is 17. The van der Waals surface area contributed by atoms with E-state index in [1.165, 1.54) is 19.4 Å². The first kappa shape index (κ1) is 81.3. The van der Waals surface area contributed by atoms with Crippen LogP contribution in [0.4, 0.5) is 77.8 Å². The molecule has 0 saturated carbocycles. The molecule has 0 bridgehead atoms. The maximum Gasteiger partial charge on any atom is 0.519 e. The molecule has 0 radical (unpaired) electrons. The first-order chi connectivity index (χ1) is 57.4. The van der Waals surface area contributed by atoms with Gasteiger partial charge >= 0.3 is 24.2 Å². The molecule has 0 aromatic heterocycles. The van der Waals surface area contributed by atoms with Crippen molar-refractivity contribution in [2.75, 3.05) is 60.2 Å². The molecule has 0 spiro atoms. The number of anilines is 12. The van der Waals surface area contributed by atoms with Gasteiger partial charge in [0.1, 0.15) is 47.7 Å². The molecule has 0 unspecified atom stereocenters. The average Bonchev–Trinajstić information content (AvgIpc) is 0.810. The van der Waals surface area contributed by atoms with Gasteiger partial charge in [0.25, 0.3) is 0 Å². The minimum atomic E-state index is -0.845. The number of benzene rings is 14. The molecule has 0 atom stereocenters. The van der Waals surface area contributed by atoms with Crippen molar-refractivity contribution in [3.8, 4) is 56.8 Å². The fourth-order valence-corrected chi connectivity index (χ4v) is 13.5. The molecule has 0 saturated heterocycles. The van der Waals surface area contributed by atoms with Gasteiger partial charge in [-0.2, -0.15) is 0 Å². The first-order valence-corrected chi connectivity index (χ1v) is 38.6. The Morgan fingerprint density at radius 1 is 0.263 bits per heavy atom. The molecule has 0 fully saturated rings. The van der Waals surface area contributed by atoms with Gasteiger partial charge in [-0.3, -0.25) is 9.59 Å². The molecule has 0 N–H and O–H groups in total. The summed E-state index contributed by atoms with van der Waals surface area (Å²) in [6, 6.07) is 117.